The third kappa shape index (κ3) is 5.12. The average Bonchev–Trinajstić information content (AvgIpc) is 2.80. The van der Waals surface area contributed by atoms with Crippen LogP contribution in [0.5, 0.6) is 0 Å². The van der Waals surface area contributed by atoms with Crippen LogP contribution in [-0.2, 0) is 9.59 Å². The molecule has 0 radical (unpaired) electrons. The fourth-order valence-electron chi connectivity index (χ4n) is 3.25. The van der Waals surface area contributed by atoms with Gasteiger partial charge < -0.3 is 10.6 Å². The molecule has 0 aliphatic heterocycles. The van der Waals surface area contributed by atoms with Crippen LogP contribution in [-0.4, -0.2) is 27.1 Å². The summed E-state index contributed by atoms with van der Waals surface area (Å²) in [4.78, 5) is 41.2. The maximum Gasteiger partial charge on any atom is 0.266 e. The van der Waals surface area contributed by atoms with Crippen molar-refractivity contribution in [2.45, 2.75) is 12.1 Å². The van der Waals surface area contributed by atoms with Gasteiger partial charge in [-0.3, -0.25) is 19.0 Å². The number of nitrogens with one attached hydrogen (secondary N) is 2. The quantitative estimate of drug-likeness (QED) is 0.316. The van der Waals surface area contributed by atoms with Crippen LogP contribution in [0.1, 0.15) is 6.92 Å². The Kier molecular flexibility index (Phi) is 6.69. The van der Waals surface area contributed by atoms with Crippen LogP contribution < -0.4 is 16.2 Å². The number of thioether (sulfide) groups is 1. The van der Waals surface area contributed by atoms with Crippen LogP contribution in [0.25, 0.3) is 16.6 Å². The summed E-state index contributed by atoms with van der Waals surface area (Å²) in [7, 11) is 0. The summed E-state index contributed by atoms with van der Waals surface area (Å²) >= 11 is 0.945. The number of hydrogen-bond donors (Lipinski definition) is 2. The Labute approximate surface area is 196 Å². The number of fused-ring (bicyclic) bond motifs is 1. The predicted octanol–water partition coefficient (Wildman–Crippen LogP) is 4.35. The number of halogens is 2. The number of aromatic nitrogens is 2. The normalized spacial score (nSPS) is 10.8. The van der Waals surface area contributed by atoms with Crippen molar-refractivity contribution in [2.75, 3.05) is 16.4 Å². The van der Waals surface area contributed by atoms with Crippen LogP contribution >= 0.6 is 11.8 Å². The average molecular weight is 480 g/mol. The topological polar surface area (TPSA) is 93.1 Å². The van der Waals surface area contributed by atoms with Crippen molar-refractivity contribution in [3.63, 3.8) is 0 Å². The molecule has 34 heavy (non-hydrogen) atoms. The van der Waals surface area contributed by atoms with E-state index in [1.807, 2.05) is 0 Å². The van der Waals surface area contributed by atoms with Gasteiger partial charge in [0.2, 0.25) is 11.8 Å². The van der Waals surface area contributed by atoms with E-state index in [-0.39, 0.29) is 33.8 Å². The van der Waals surface area contributed by atoms with E-state index < -0.39 is 17.2 Å². The summed E-state index contributed by atoms with van der Waals surface area (Å²) in [6.07, 6.45) is 0. The highest BCUT2D eigenvalue weighted by Crippen LogP contribution is 2.24. The van der Waals surface area contributed by atoms with Crippen LogP contribution in [0.4, 0.5) is 20.2 Å². The van der Waals surface area contributed by atoms with Gasteiger partial charge in [-0.1, -0.05) is 23.9 Å². The monoisotopic (exact) mass is 480 g/mol. The van der Waals surface area contributed by atoms with E-state index in [9.17, 15) is 23.2 Å². The largest absolute Gasteiger partial charge is 0.326 e. The van der Waals surface area contributed by atoms with Gasteiger partial charge in [-0.2, -0.15) is 0 Å². The van der Waals surface area contributed by atoms with Crippen molar-refractivity contribution >= 4 is 45.9 Å². The standard InChI is InChI=1S/C24H18F2N4O3S/c1-14(31)27-16-7-9-17(10-8-16)28-22(32)13-34-24-29-20-5-3-2-4-18(20)23(33)30(24)21-11-6-15(25)12-19(21)26/h2-12H,13H2,1H3,(H,27,31)(H,28,32). The molecular weight excluding hydrogens is 462 g/mol. The second kappa shape index (κ2) is 9.84. The SMILES string of the molecule is CC(=O)Nc1ccc(NC(=O)CSc2nc3ccccc3c(=O)n2-c2ccc(F)cc2F)cc1. The Bertz CT molecular complexity index is 1460. The molecule has 0 atom stereocenters. The third-order valence-electron chi connectivity index (χ3n) is 4.72. The lowest BCUT2D eigenvalue weighted by Gasteiger charge is -2.14. The molecule has 0 aliphatic carbocycles. The number of nitrogens with zero attached hydrogens (tertiary/aromatic N) is 2. The molecule has 0 unspecified atom stereocenters. The molecule has 0 bridgehead atoms. The Balaban J connectivity index is 1.60. The molecule has 172 valence electrons. The number of benzene rings is 3. The molecule has 2 amide bonds. The molecule has 7 nitrogen and oxygen atoms in total. The maximum atomic E-state index is 14.6. The molecule has 1 aromatic heterocycles. The summed E-state index contributed by atoms with van der Waals surface area (Å²) in [6, 6.07) is 16.0. The Hall–Kier alpha value is -4.05. The first-order chi connectivity index (χ1) is 16.3. The number of amides is 2. The van der Waals surface area contributed by atoms with Gasteiger partial charge >= 0.3 is 0 Å². The van der Waals surface area contributed by atoms with Crippen LogP contribution in [0.15, 0.2) is 76.7 Å². The molecule has 0 saturated carbocycles. The predicted molar refractivity (Wildman–Crippen MR) is 127 cm³/mol. The minimum atomic E-state index is -0.926. The lowest BCUT2D eigenvalue weighted by molar-refractivity contribution is -0.114. The Morgan fingerprint density at radius 2 is 1.65 bits per heavy atom. The first kappa shape index (κ1) is 23.1. The van der Waals surface area contributed by atoms with E-state index in [0.717, 1.165) is 28.5 Å². The zero-order valence-corrected chi connectivity index (χ0v) is 18.7. The number of carbonyl (C=O) groups is 2. The van der Waals surface area contributed by atoms with E-state index >= 15 is 0 Å². The van der Waals surface area contributed by atoms with E-state index in [2.05, 4.69) is 15.6 Å². The highest BCUT2D eigenvalue weighted by molar-refractivity contribution is 7.99. The Morgan fingerprint density at radius 3 is 2.32 bits per heavy atom. The maximum absolute atomic E-state index is 14.6. The highest BCUT2D eigenvalue weighted by atomic mass is 32.2. The highest BCUT2D eigenvalue weighted by Gasteiger charge is 2.18. The number of rotatable bonds is 6. The number of carbonyl (C=O) groups excluding carboxylic acids is 2. The summed E-state index contributed by atoms with van der Waals surface area (Å²) in [5, 5.41) is 5.69. The van der Waals surface area contributed by atoms with Gasteiger partial charge in [0.15, 0.2) is 5.16 Å². The minimum Gasteiger partial charge on any atom is -0.326 e. The second-order valence-electron chi connectivity index (χ2n) is 7.24. The van der Waals surface area contributed by atoms with Gasteiger partial charge in [-0.25, -0.2) is 13.8 Å². The molecule has 1 heterocycles. The van der Waals surface area contributed by atoms with Crippen molar-refractivity contribution in [1.82, 2.24) is 9.55 Å². The summed E-state index contributed by atoms with van der Waals surface area (Å²) in [6.45, 7) is 1.39. The molecule has 0 spiro atoms. The Morgan fingerprint density at radius 1 is 0.971 bits per heavy atom. The molecule has 10 heteroatoms. The smallest absolute Gasteiger partial charge is 0.266 e. The van der Waals surface area contributed by atoms with E-state index in [1.165, 1.54) is 6.92 Å². The van der Waals surface area contributed by atoms with E-state index in [0.29, 0.717) is 23.0 Å². The van der Waals surface area contributed by atoms with Gasteiger partial charge in [-0.05, 0) is 48.5 Å². The lowest BCUT2D eigenvalue weighted by atomic mass is 10.2. The second-order valence-corrected chi connectivity index (χ2v) is 8.19. The zero-order chi connectivity index (χ0) is 24.2. The fraction of sp³-hybridized carbons (Fsp3) is 0.0833. The number of hydrogen-bond acceptors (Lipinski definition) is 5. The molecule has 3 aromatic carbocycles. The van der Waals surface area contributed by atoms with Crippen molar-refractivity contribution in [3.05, 3.63) is 88.7 Å². The summed E-state index contributed by atoms with van der Waals surface area (Å²) in [5.41, 5.74) is 0.787. The molecule has 4 aromatic rings. The molecule has 4 rings (SSSR count). The summed E-state index contributed by atoms with van der Waals surface area (Å²) < 4.78 is 29.0. The van der Waals surface area contributed by atoms with Gasteiger partial charge in [-0.15, -0.1) is 0 Å². The minimum absolute atomic E-state index is 0.0883. The van der Waals surface area contributed by atoms with E-state index in [4.69, 9.17) is 0 Å². The molecule has 2 N–H and O–H groups in total. The summed E-state index contributed by atoms with van der Waals surface area (Å²) in [5.74, 6) is -2.42. The van der Waals surface area contributed by atoms with Crippen molar-refractivity contribution < 1.29 is 18.4 Å². The van der Waals surface area contributed by atoms with Gasteiger partial charge in [0.05, 0.1) is 22.3 Å². The van der Waals surface area contributed by atoms with E-state index in [1.54, 1.807) is 48.5 Å². The van der Waals surface area contributed by atoms with Crippen molar-refractivity contribution in [3.8, 4) is 5.69 Å². The number of para-hydroxylation sites is 1. The van der Waals surface area contributed by atoms with Gasteiger partial charge in [0, 0.05) is 24.4 Å². The van der Waals surface area contributed by atoms with Gasteiger partial charge in [0.25, 0.3) is 5.56 Å². The lowest BCUT2D eigenvalue weighted by Crippen LogP contribution is -2.23. The first-order valence-corrected chi connectivity index (χ1v) is 11.1. The van der Waals surface area contributed by atoms with Gasteiger partial charge in [0.1, 0.15) is 11.6 Å². The van der Waals surface area contributed by atoms with Crippen LogP contribution in [0.3, 0.4) is 0 Å². The molecule has 0 saturated heterocycles. The number of anilines is 2. The first-order valence-electron chi connectivity index (χ1n) is 10.1. The van der Waals surface area contributed by atoms with Crippen molar-refractivity contribution in [2.24, 2.45) is 0 Å². The molecule has 0 fully saturated rings. The van der Waals surface area contributed by atoms with Crippen LogP contribution in [0, 0.1) is 11.6 Å². The molecular formula is C24H18F2N4O3S. The van der Waals surface area contributed by atoms with Crippen LogP contribution in [0.2, 0.25) is 0 Å². The molecule has 0 aliphatic rings. The van der Waals surface area contributed by atoms with Crippen molar-refractivity contribution in [1.29, 1.82) is 0 Å². The third-order valence-corrected chi connectivity index (χ3v) is 5.66. The zero-order valence-electron chi connectivity index (χ0n) is 17.8. The fourth-order valence-corrected chi connectivity index (χ4v) is 4.06.